The van der Waals surface area contributed by atoms with Crippen LogP contribution >= 0.6 is 0 Å². The molecule has 1 aromatic carbocycles. The summed E-state index contributed by atoms with van der Waals surface area (Å²) in [5, 5.41) is 4.21. The fourth-order valence-corrected chi connectivity index (χ4v) is 3.66. The number of H-pyrrole nitrogens is 1. The van der Waals surface area contributed by atoms with E-state index in [1.165, 1.54) is 42.3 Å². The molecular weight excluding hydrogens is 322 g/mol. The molecule has 0 bridgehead atoms. The lowest BCUT2D eigenvalue weighted by molar-refractivity contribution is -0.116. The summed E-state index contributed by atoms with van der Waals surface area (Å²) in [6.45, 7) is 7.66. The fraction of sp³-hybridized carbons (Fsp3) is 0.500. The Bertz CT molecular complexity index is 775. The second-order valence-electron chi connectivity index (χ2n) is 7.25. The Morgan fingerprint density at radius 3 is 2.85 bits per heavy atom. The number of benzene rings is 1. The van der Waals surface area contributed by atoms with E-state index < -0.39 is 0 Å². The van der Waals surface area contributed by atoms with Crippen LogP contribution in [0.3, 0.4) is 0 Å². The molecular formula is C22H31N3O. The standard InChI is InChI=1S/C22H31N3O/c1-3-5-6-12-25-13-10-17(11-14-25)20-16-23-21-9-8-18(15-19(20)21)24-22(26)7-4-2/h8-10,15-16,23H,3-7,11-14H2,1-2H3,(H,24,26). The van der Waals surface area contributed by atoms with Gasteiger partial charge in [-0.15, -0.1) is 0 Å². The molecule has 2 heterocycles. The van der Waals surface area contributed by atoms with Crippen LogP contribution in [0.5, 0.6) is 0 Å². The first-order valence-electron chi connectivity index (χ1n) is 10.0. The number of aromatic amines is 1. The van der Waals surface area contributed by atoms with Crippen LogP contribution in [0.4, 0.5) is 5.69 Å². The van der Waals surface area contributed by atoms with E-state index >= 15 is 0 Å². The summed E-state index contributed by atoms with van der Waals surface area (Å²) in [4.78, 5) is 17.8. The molecule has 26 heavy (non-hydrogen) atoms. The normalized spacial score (nSPS) is 15.2. The van der Waals surface area contributed by atoms with Gasteiger partial charge in [-0.05, 0) is 49.6 Å². The van der Waals surface area contributed by atoms with E-state index in [0.29, 0.717) is 6.42 Å². The largest absolute Gasteiger partial charge is 0.361 e. The van der Waals surface area contributed by atoms with Crippen molar-refractivity contribution in [2.45, 2.75) is 52.4 Å². The second kappa shape index (κ2) is 9.04. The molecule has 2 aromatic rings. The van der Waals surface area contributed by atoms with Gasteiger partial charge >= 0.3 is 0 Å². The van der Waals surface area contributed by atoms with E-state index in [2.05, 4.69) is 46.5 Å². The van der Waals surface area contributed by atoms with Crippen LogP contribution in [0.2, 0.25) is 0 Å². The molecule has 0 saturated carbocycles. The first kappa shape index (κ1) is 18.7. The summed E-state index contributed by atoms with van der Waals surface area (Å²) in [5.74, 6) is 0.0866. The number of rotatable bonds is 8. The van der Waals surface area contributed by atoms with Crippen molar-refractivity contribution >= 4 is 28.1 Å². The van der Waals surface area contributed by atoms with Gasteiger partial charge in [0.05, 0.1) is 0 Å². The Morgan fingerprint density at radius 2 is 2.12 bits per heavy atom. The van der Waals surface area contributed by atoms with E-state index in [9.17, 15) is 4.79 Å². The summed E-state index contributed by atoms with van der Waals surface area (Å²) in [6, 6.07) is 6.13. The number of anilines is 1. The lowest BCUT2D eigenvalue weighted by Gasteiger charge is -2.26. The number of carbonyl (C=O) groups is 1. The number of nitrogens with zero attached hydrogens (tertiary/aromatic N) is 1. The van der Waals surface area contributed by atoms with E-state index in [0.717, 1.165) is 37.1 Å². The Kier molecular flexibility index (Phi) is 6.51. The number of amides is 1. The van der Waals surface area contributed by atoms with Gasteiger partial charge in [0.15, 0.2) is 0 Å². The number of aromatic nitrogens is 1. The number of hydrogen-bond acceptors (Lipinski definition) is 2. The third kappa shape index (κ3) is 4.55. The Morgan fingerprint density at radius 1 is 1.23 bits per heavy atom. The lowest BCUT2D eigenvalue weighted by Crippen LogP contribution is -2.29. The highest BCUT2D eigenvalue weighted by molar-refractivity contribution is 5.98. The lowest BCUT2D eigenvalue weighted by atomic mass is 9.98. The van der Waals surface area contributed by atoms with Crippen molar-refractivity contribution in [3.8, 4) is 0 Å². The maximum absolute atomic E-state index is 11.9. The van der Waals surface area contributed by atoms with Crippen LogP contribution in [0.15, 0.2) is 30.5 Å². The van der Waals surface area contributed by atoms with Crippen LogP contribution in [-0.4, -0.2) is 35.4 Å². The average Bonchev–Trinajstić information content (AvgIpc) is 3.06. The monoisotopic (exact) mass is 353 g/mol. The fourth-order valence-electron chi connectivity index (χ4n) is 3.66. The summed E-state index contributed by atoms with van der Waals surface area (Å²) >= 11 is 0. The molecule has 0 saturated heterocycles. The molecule has 0 spiro atoms. The van der Waals surface area contributed by atoms with Crippen molar-refractivity contribution in [1.82, 2.24) is 9.88 Å². The van der Waals surface area contributed by atoms with Crippen LogP contribution in [0.25, 0.3) is 16.5 Å². The zero-order valence-corrected chi connectivity index (χ0v) is 16.1. The molecule has 3 rings (SSSR count). The summed E-state index contributed by atoms with van der Waals surface area (Å²) in [5.41, 5.74) is 4.70. The van der Waals surface area contributed by atoms with Gasteiger partial charge in [0, 0.05) is 47.9 Å². The first-order chi connectivity index (χ1) is 12.7. The van der Waals surface area contributed by atoms with Crippen LogP contribution in [0, 0.1) is 0 Å². The summed E-state index contributed by atoms with van der Waals surface area (Å²) < 4.78 is 0. The van der Waals surface area contributed by atoms with E-state index in [1.807, 2.05) is 13.0 Å². The molecule has 2 N–H and O–H groups in total. The molecule has 0 unspecified atom stereocenters. The average molecular weight is 354 g/mol. The minimum atomic E-state index is 0.0866. The quantitative estimate of drug-likeness (QED) is 0.642. The maximum atomic E-state index is 11.9. The molecule has 0 radical (unpaired) electrons. The zero-order valence-electron chi connectivity index (χ0n) is 16.1. The molecule has 4 nitrogen and oxygen atoms in total. The third-order valence-corrected chi connectivity index (χ3v) is 5.16. The molecule has 1 amide bonds. The molecule has 1 aliphatic heterocycles. The van der Waals surface area contributed by atoms with Gasteiger partial charge in [0.1, 0.15) is 0 Å². The number of hydrogen-bond donors (Lipinski definition) is 2. The highest BCUT2D eigenvalue weighted by Gasteiger charge is 2.15. The molecule has 1 aliphatic rings. The van der Waals surface area contributed by atoms with E-state index in [-0.39, 0.29) is 5.91 Å². The molecule has 0 fully saturated rings. The van der Waals surface area contributed by atoms with Crippen molar-refractivity contribution in [3.05, 3.63) is 36.0 Å². The number of nitrogens with one attached hydrogen (secondary N) is 2. The van der Waals surface area contributed by atoms with Gasteiger partial charge in [-0.1, -0.05) is 32.8 Å². The highest BCUT2D eigenvalue weighted by atomic mass is 16.1. The Hall–Kier alpha value is -2.07. The molecule has 0 aliphatic carbocycles. The zero-order chi connectivity index (χ0) is 18.4. The van der Waals surface area contributed by atoms with E-state index in [1.54, 1.807) is 0 Å². The predicted molar refractivity (Wildman–Crippen MR) is 110 cm³/mol. The topological polar surface area (TPSA) is 48.1 Å². The molecule has 0 atom stereocenters. The summed E-state index contributed by atoms with van der Waals surface area (Å²) in [6.07, 6.45) is 10.9. The predicted octanol–water partition coefficient (Wildman–Crippen LogP) is 5.19. The maximum Gasteiger partial charge on any atom is 0.224 e. The highest BCUT2D eigenvalue weighted by Crippen LogP contribution is 2.31. The van der Waals surface area contributed by atoms with Gasteiger partial charge < -0.3 is 10.3 Å². The van der Waals surface area contributed by atoms with Crippen molar-refractivity contribution in [3.63, 3.8) is 0 Å². The minimum Gasteiger partial charge on any atom is -0.361 e. The van der Waals surface area contributed by atoms with E-state index in [4.69, 9.17) is 0 Å². The number of unbranched alkanes of at least 4 members (excludes halogenated alkanes) is 2. The van der Waals surface area contributed by atoms with Gasteiger partial charge in [-0.3, -0.25) is 9.69 Å². The molecule has 1 aromatic heterocycles. The SMILES string of the molecule is CCCCCN1CC=C(c2c[nH]c3ccc(NC(=O)CCC)cc23)CC1. The van der Waals surface area contributed by atoms with Gasteiger partial charge in [0.25, 0.3) is 0 Å². The van der Waals surface area contributed by atoms with Crippen molar-refractivity contribution < 1.29 is 4.79 Å². The third-order valence-electron chi connectivity index (χ3n) is 5.16. The van der Waals surface area contributed by atoms with Crippen molar-refractivity contribution in [2.24, 2.45) is 0 Å². The second-order valence-corrected chi connectivity index (χ2v) is 7.25. The van der Waals surface area contributed by atoms with Gasteiger partial charge in [0.2, 0.25) is 5.91 Å². The Labute approximate surface area is 156 Å². The van der Waals surface area contributed by atoms with Crippen LogP contribution < -0.4 is 5.32 Å². The molecule has 4 heteroatoms. The minimum absolute atomic E-state index is 0.0866. The van der Waals surface area contributed by atoms with Crippen LogP contribution in [0.1, 0.15) is 57.9 Å². The number of fused-ring (bicyclic) bond motifs is 1. The van der Waals surface area contributed by atoms with Gasteiger partial charge in [-0.25, -0.2) is 0 Å². The Balaban J connectivity index is 1.73. The van der Waals surface area contributed by atoms with Gasteiger partial charge in [-0.2, -0.15) is 0 Å². The summed E-state index contributed by atoms with van der Waals surface area (Å²) in [7, 11) is 0. The van der Waals surface area contributed by atoms with Crippen molar-refractivity contribution in [1.29, 1.82) is 0 Å². The smallest absolute Gasteiger partial charge is 0.224 e. The first-order valence-corrected chi connectivity index (χ1v) is 10.0. The van der Waals surface area contributed by atoms with Crippen molar-refractivity contribution in [2.75, 3.05) is 25.0 Å². The number of carbonyl (C=O) groups excluding carboxylic acids is 1. The van der Waals surface area contributed by atoms with Crippen LogP contribution in [-0.2, 0) is 4.79 Å². The molecule has 140 valence electrons.